The fourth-order valence-electron chi connectivity index (χ4n) is 4.39. The molecule has 2 aromatic carbocycles. The molecule has 9 heteroatoms. The maximum Gasteiger partial charge on any atom is 0.291 e. The molecular weight excluding hydrogens is 520 g/mol. The van der Waals surface area contributed by atoms with Crippen LogP contribution in [-0.4, -0.2) is 36.0 Å². The van der Waals surface area contributed by atoms with Gasteiger partial charge in [0.25, 0.3) is 5.56 Å². The highest BCUT2D eigenvalue weighted by molar-refractivity contribution is 7.15. The van der Waals surface area contributed by atoms with Crippen molar-refractivity contribution in [2.24, 2.45) is 5.92 Å². The first-order valence-electron chi connectivity index (χ1n) is 13.2. The molecule has 0 N–H and O–H groups in total. The Bertz CT molecular complexity index is 1890. The first-order chi connectivity index (χ1) is 19.5. The highest BCUT2D eigenvalue weighted by Gasteiger charge is 2.16. The second-order valence-corrected chi connectivity index (χ2v) is 11.0. The van der Waals surface area contributed by atoms with E-state index >= 15 is 0 Å². The zero-order valence-corrected chi connectivity index (χ0v) is 23.3. The molecule has 6 rings (SSSR count). The SMILES string of the molecule is Cc1cc(-c2nn(-c3ccccc3)cc2/C=c2\sc3nc(-c4cccnc4)nn3c2=O)ccc1OCCC(C)C. The van der Waals surface area contributed by atoms with Crippen LogP contribution in [0.15, 0.2) is 84.0 Å². The molecule has 0 atom stereocenters. The zero-order chi connectivity index (χ0) is 27.6. The number of ether oxygens (including phenoxy) is 1. The summed E-state index contributed by atoms with van der Waals surface area (Å²) >= 11 is 1.30. The number of aromatic nitrogens is 6. The van der Waals surface area contributed by atoms with Crippen molar-refractivity contribution in [3.05, 3.63) is 105 Å². The standard InChI is InChI=1S/C31H28N6O2S/c1-20(2)13-15-39-26-12-11-22(16-21(26)3)28-24(19-36(34-28)25-9-5-4-6-10-25)17-27-30(38)37-31(40-27)33-29(35-37)23-8-7-14-32-18-23/h4-12,14,16-20H,13,15H2,1-3H3/b27-17-. The molecule has 200 valence electrons. The molecule has 0 aliphatic rings. The van der Waals surface area contributed by atoms with Crippen molar-refractivity contribution >= 4 is 22.4 Å². The summed E-state index contributed by atoms with van der Waals surface area (Å²) < 4.78 is 9.76. The molecule has 0 bridgehead atoms. The van der Waals surface area contributed by atoms with Gasteiger partial charge in [-0.1, -0.05) is 43.4 Å². The second kappa shape index (κ2) is 10.9. The summed E-state index contributed by atoms with van der Waals surface area (Å²) in [5.41, 5.74) is 5.06. The van der Waals surface area contributed by atoms with E-state index in [0.717, 1.165) is 45.8 Å². The maximum absolute atomic E-state index is 13.3. The largest absolute Gasteiger partial charge is 0.493 e. The minimum atomic E-state index is -0.217. The van der Waals surface area contributed by atoms with Crippen molar-refractivity contribution in [1.29, 1.82) is 0 Å². The van der Waals surface area contributed by atoms with Gasteiger partial charge in [0, 0.05) is 35.3 Å². The highest BCUT2D eigenvalue weighted by Crippen LogP contribution is 2.29. The molecule has 0 amide bonds. The quantitative estimate of drug-likeness (QED) is 0.255. The number of hydrogen-bond acceptors (Lipinski definition) is 7. The topological polar surface area (TPSA) is 87.2 Å². The molecule has 0 radical (unpaired) electrons. The molecule has 4 heterocycles. The number of hydrogen-bond donors (Lipinski definition) is 0. The minimum Gasteiger partial charge on any atom is -0.493 e. The van der Waals surface area contributed by atoms with Gasteiger partial charge in [-0.05, 0) is 73.4 Å². The lowest BCUT2D eigenvalue weighted by Gasteiger charge is -2.11. The molecule has 0 saturated carbocycles. The molecule has 0 unspecified atom stereocenters. The van der Waals surface area contributed by atoms with E-state index < -0.39 is 0 Å². The van der Waals surface area contributed by atoms with Crippen LogP contribution in [0.1, 0.15) is 31.4 Å². The summed E-state index contributed by atoms with van der Waals surface area (Å²) in [5.74, 6) is 1.93. The molecule has 0 fully saturated rings. The maximum atomic E-state index is 13.3. The van der Waals surface area contributed by atoms with Crippen LogP contribution in [-0.2, 0) is 0 Å². The van der Waals surface area contributed by atoms with Crippen LogP contribution in [0.25, 0.3) is 39.4 Å². The number of aryl methyl sites for hydroxylation is 1. The number of benzene rings is 2. The van der Waals surface area contributed by atoms with Gasteiger partial charge in [0.2, 0.25) is 4.96 Å². The Morgan fingerprint density at radius 3 is 2.60 bits per heavy atom. The van der Waals surface area contributed by atoms with Crippen molar-refractivity contribution in [2.75, 3.05) is 6.61 Å². The summed E-state index contributed by atoms with van der Waals surface area (Å²) in [6.07, 6.45) is 8.20. The first kappa shape index (κ1) is 25.6. The van der Waals surface area contributed by atoms with E-state index in [0.29, 0.717) is 27.8 Å². The number of fused-ring (bicyclic) bond motifs is 1. The van der Waals surface area contributed by atoms with E-state index in [9.17, 15) is 4.79 Å². The van der Waals surface area contributed by atoms with E-state index in [1.807, 2.05) is 78.5 Å². The molecule has 0 spiro atoms. The monoisotopic (exact) mass is 548 g/mol. The Hall–Kier alpha value is -4.63. The van der Waals surface area contributed by atoms with Crippen LogP contribution in [0.4, 0.5) is 0 Å². The van der Waals surface area contributed by atoms with E-state index in [2.05, 4.69) is 35.0 Å². The van der Waals surface area contributed by atoms with Crippen molar-refractivity contribution in [1.82, 2.24) is 29.4 Å². The minimum absolute atomic E-state index is 0.217. The van der Waals surface area contributed by atoms with Crippen molar-refractivity contribution in [3.8, 4) is 34.1 Å². The summed E-state index contributed by atoms with van der Waals surface area (Å²) in [6.45, 7) is 7.10. The van der Waals surface area contributed by atoms with Crippen molar-refractivity contribution < 1.29 is 4.74 Å². The van der Waals surface area contributed by atoms with Gasteiger partial charge in [-0.25, -0.2) is 4.68 Å². The number of nitrogens with zero attached hydrogens (tertiary/aromatic N) is 6. The predicted octanol–water partition coefficient (Wildman–Crippen LogP) is 5.35. The van der Waals surface area contributed by atoms with Gasteiger partial charge in [0.1, 0.15) is 11.4 Å². The molecule has 0 aliphatic heterocycles. The van der Waals surface area contributed by atoms with Crippen LogP contribution in [0.2, 0.25) is 0 Å². The summed E-state index contributed by atoms with van der Waals surface area (Å²) in [5, 5.41) is 9.37. The Balaban J connectivity index is 1.41. The second-order valence-electron chi connectivity index (χ2n) is 10.0. The number of pyridine rings is 1. The van der Waals surface area contributed by atoms with Gasteiger partial charge in [-0.15, -0.1) is 5.10 Å². The first-order valence-corrected chi connectivity index (χ1v) is 14.0. The van der Waals surface area contributed by atoms with Crippen LogP contribution in [0.3, 0.4) is 0 Å². The molecule has 6 aromatic rings. The Morgan fingerprint density at radius 1 is 1.02 bits per heavy atom. The average Bonchev–Trinajstić information content (AvgIpc) is 3.65. The van der Waals surface area contributed by atoms with E-state index in [1.165, 1.54) is 15.9 Å². The third-order valence-corrected chi connectivity index (χ3v) is 7.51. The fourth-order valence-corrected chi connectivity index (χ4v) is 5.28. The van der Waals surface area contributed by atoms with Gasteiger partial charge in [0.05, 0.1) is 16.8 Å². The normalized spacial score (nSPS) is 12.1. The predicted molar refractivity (Wildman–Crippen MR) is 158 cm³/mol. The molecule has 40 heavy (non-hydrogen) atoms. The van der Waals surface area contributed by atoms with Crippen LogP contribution >= 0.6 is 11.3 Å². The fraction of sp³-hybridized carbons (Fsp3) is 0.194. The van der Waals surface area contributed by atoms with Crippen LogP contribution < -0.4 is 14.8 Å². The molecule has 4 aromatic heterocycles. The molecule has 8 nitrogen and oxygen atoms in total. The van der Waals surface area contributed by atoms with Crippen molar-refractivity contribution in [3.63, 3.8) is 0 Å². The lowest BCUT2D eigenvalue weighted by Crippen LogP contribution is -2.23. The number of rotatable bonds is 8. The van der Waals surface area contributed by atoms with Gasteiger partial charge >= 0.3 is 0 Å². The Kier molecular flexibility index (Phi) is 6.96. The van der Waals surface area contributed by atoms with Crippen LogP contribution in [0.5, 0.6) is 5.75 Å². The van der Waals surface area contributed by atoms with E-state index in [4.69, 9.17) is 9.84 Å². The van der Waals surface area contributed by atoms with Gasteiger partial charge in [0.15, 0.2) is 5.82 Å². The van der Waals surface area contributed by atoms with Gasteiger partial charge in [-0.3, -0.25) is 9.78 Å². The Morgan fingerprint density at radius 2 is 1.88 bits per heavy atom. The summed E-state index contributed by atoms with van der Waals surface area (Å²) in [7, 11) is 0. The molecular formula is C31H28N6O2S. The van der Waals surface area contributed by atoms with Gasteiger partial charge in [-0.2, -0.15) is 14.6 Å². The van der Waals surface area contributed by atoms with Gasteiger partial charge < -0.3 is 4.74 Å². The highest BCUT2D eigenvalue weighted by atomic mass is 32.1. The third-order valence-electron chi connectivity index (χ3n) is 6.55. The van der Waals surface area contributed by atoms with E-state index in [1.54, 1.807) is 12.4 Å². The molecule has 0 aliphatic carbocycles. The van der Waals surface area contributed by atoms with Crippen molar-refractivity contribution in [2.45, 2.75) is 27.2 Å². The lowest BCUT2D eigenvalue weighted by atomic mass is 10.0. The lowest BCUT2D eigenvalue weighted by molar-refractivity contribution is 0.288. The van der Waals surface area contributed by atoms with Crippen LogP contribution in [0, 0.1) is 12.8 Å². The summed E-state index contributed by atoms with van der Waals surface area (Å²) in [4.78, 5) is 22.6. The Labute approximate surface area is 235 Å². The summed E-state index contributed by atoms with van der Waals surface area (Å²) in [6, 6.07) is 19.7. The zero-order valence-electron chi connectivity index (χ0n) is 22.5. The third kappa shape index (κ3) is 5.15. The number of para-hydroxylation sites is 1. The smallest absolute Gasteiger partial charge is 0.291 e. The number of thiazole rings is 1. The average molecular weight is 549 g/mol. The molecule has 0 saturated heterocycles. The van der Waals surface area contributed by atoms with E-state index in [-0.39, 0.29) is 5.56 Å².